The minimum Gasteiger partial charge on any atom is -0.472 e. The molecule has 0 spiro atoms. The van der Waals surface area contributed by atoms with Gasteiger partial charge in [0.1, 0.15) is 12.1 Å². The lowest BCUT2D eigenvalue weighted by Crippen LogP contribution is -2.30. The van der Waals surface area contributed by atoms with Crippen LogP contribution in [0.3, 0.4) is 0 Å². The van der Waals surface area contributed by atoms with Gasteiger partial charge in [-0.25, -0.2) is 4.98 Å². The lowest BCUT2D eigenvalue weighted by atomic mass is 10.1. The van der Waals surface area contributed by atoms with Gasteiger partial charge in [0.25, 0.3) is 5.91 Å². The van der Waals surface area contributed by atoms with E-state index in [1.165, 1.54) is 12.5 Å². The summed E-state index contributed by atoms with van der Waals surface area (Å²) >= 11 is 6.17. The predicted octanol–water partition coefficient (Wildman–Crippen LogP) is 5.12. The molecule has 0 bridgehead atoms. The van der Waals surface area contributed by atoms with Gasteiger partial charge >= 0.3 is 0 Å². The first-order chi connectivity index (χ1) is 16.0. The summed E-state index contributed by atoms with van der Waals surface area (Å²) in [6.07, 6.45) is 2.96. The molecule has 3 heterocycles. The van der Waals surface area contributed by atoms with Gasteiger partial charge in [0.2, 0.25) is 6.79 Å². The molecule has 168 valence electrons. The monoisotopic (exact) mass is 463 g/mol. The van der Waals surface area contributed by atoms with E-state index in [1.54, 1.807) is 11.0 Å². The summed E-state index contributed by atoms with van der Waals surface area (Å²) in [6, 6.07) is 15.1. The van der Waals surface area contributed by atoms with E-state index in [9.17, 15) is 4.79 Å². The molecule has 4 aromatic rings. The van der Waals surface area contributed by atoms with Crippen LogP contribution < -0.4 is 14.4 Å². The molecular weight excluding hydrogens is 442 g/mol. The number of furan rings is 1. The van der Waals surface area contributed by atoms with Gasteiger partial charge in [-0.1, -0.05) is 23.7 Å². The average molecular weight is 464 g/mol. The second-order valence-corrected chi connectivity index (χ2v) is 8.50. The molecule has 2 aromatic carbocycles. The zero-order chi connectivity index (χ0) is 22.9. The van der Waals surface area contributed by atoms with Crippen molar-refractivity contribution < 1.29 is 18.7 Å². The molecule has 0 atom stereocenters. The molecule has 0 N–H and O–H groups in total. The summed E-state index contributed by atoms with van der Waals surface area (Å²) in [4.78, 5) is 21.9. The van der Waals surface area contributed by atoms with Crippen LogP contribution in [0, 0.1) is 0 Å². The van der Waals surface area contributed by atoms with Gasteiger partial charge in [-0.2, -0.15) is 0 Å². The van der Waals surface area contributed by atoms with Crippen LogP contribution in [0.5, 0.6) is 11.5 Å². The molecule has 0 fully saturated rings. The summed E-state index contributed by atoms with van der Waals surface area (Å²) in [6.45, 7) is 0.944. The molecule has 5 rings (SSSR count). The molecule has 0 saturated heterocycles. The topological polar surface area (TPSA) is 68.0 Å². The summed E-state index contributed by atoms with van der Waals surface area (Å²) < 4.78 is 16.1. The van der Waals surface area contributed by atoms with Crippen LogP contribution in [0.2, 0.25) is 5.02 Å². The fraction of sp³-hybridized carbons (Fsp3) is 0.200. The van der Waals surface area contributed by atoms with E-state index < -0.39 is 0 Å². The molecule has 0 saturated carbocycles. The smallest absolute Gasteiger partial charge is 0.257 e. The summed E-state index contributed by atoms with van der Waals surface area (Å²) in [5.74, 6) is 2.03. The van der Waals surface area contributed by atoms with E-state index >= 15 is 0 Å². The van der Waals surface area contributed by atoms with Crippen LogP contribution in [-0.2, 0) is 13.1 Å². The van der Waals surface area contributed by atoms with Gasteiger partial charge in [0.15, 0.2) is 11.5 Å². The van der Waals surface area contributed by atoms with Crippen LogP contribution in [-0.4, -0.2) is 36.7 Å². The SMILES string of the molecule is CN(C)c1nc2cc(Cl)ccc2cc1CN(Cc1ccc2c(c1)OCO2)C(=O)c1ccoc1. The first kappa shape index (κ1) is 21.2. The number of hydrogen-bond donors (Lipinski definition) is 0. The molecule has 1 aliphatic rings. The Morgan fingerprint density at radius 1 is 1.03 bits per heavy atom. The highest BCUT2D eigenvalue weighted by molar-refractivity contribution is 6.31. The van der Waals surface area contributed by atoms with Crippen molar-refractivity contribution >= 4 is 34.2 Å². The summed E-state index contributed by atoms with van der Waals surface area (Å²) in [5, 5.41) is 1.59. The first-order valence-corrected chi connectivity index (χ1v) is 10.8. The van der Waals surface area contributed by atoms with E-state index in [4.69, 9.17) is 30.5 Å². The molecule has 2 aromatic heterocycles. The van der Waals surface area contributed by atoms with Crippen molar-refractivity contribution in [3.63, 3.8) is 0 Å². The quantitative estimate of drug-likeness (QED) is 0.395. The fourth-order valence-corrected chi connectivity index (χ4v) is 4.08. The van der Waals surface area contributed by atoms with Crippen molar-refractivity contribution in [2.24, 2.45) is 0 Å². The molecular formula is C25H22ClN3O4. The van der Waals surface area contributed by atoms with E-state index in [0.717, 1.165) is 27.8 Å². The highest BCUT2D eigenvalue weighted by atomic mass is 35.5. The number of halogens is 1. The number of amides is 1. The number of anilines is 1. The Morgan fingerprint density at radius 3 is 2.67 bits per heavy atom. The second kappa shape index (κ2) is 8.67. The maximum absolute atomic E-state index is 13.4. The van der Waals surface area contributed by atoms with Crippen LogP contribution in [0.4, 0.5) is 5.82 Å². The fourth-order valence-electron chi connectivity index (χ4n) is 3.91. The number of nitrogens with zero attached hydrogens (tertiary/aromatic N) is 3. The number of benzene rings is 2. The zero-order valence-corrected chi connectivity index (χ0v) is 19.0. The van der Waals surface area contributed by atoms with Gasteiger partial charge in [0.05, 0.1) is 17.3 Å². The number of hydrogen-bond acceptors (Lipinski definition) is 6. The largest absolute Gasteiger partial charge is 0.472 e. The molecule has 0 unspecified atom stereocenters. The Kier molecular flexibility index (Phi) is 5.56. The third kappa shape index (κ3) is 4.32. The minimum atomic E-state index is -0.137. The first-order valence-electron chi connectivity index (χ1n) is 10.4. The number of carbonyl (C=O) groups excluding carboxylic acids is 1. The third-order valence-corrected chi connectivity index (χ3v) is 5.72. The lowest BCUT2D eigenvalue weighted by Gasteiger charge is -2.25. The third-order valence-electron chi connectivity index (χ3n) is 5.49. The van der Waals surface area contributed by atoms with Crippen molar-refractivity contribution in [1.82, 2.24) is 9.88 Å². The van der Waals surface area contributed by atoms with Gasteiger partial charge in [-0.05, 0) is 42.0 Å². The number of carbonyl (C=O) groups is 1. The highest BCUT2D eigenvalue weighted by Gasteiger charge is 2.22. The average Bonchev–Trinajstić information content (AvgIpc) is 3.49. The molecule has 8 heteroatoms. The van der Waals surface area contributed by atoms with Gasteiger partial charge < -0.3 is 23.7 Å². The second-order valence-electron chi connectivity index (χ2n) is 8.06. The molecule has 7 nitrogen and oxygen atoms in total. The van der Waals surface area contributed by atoms with Crippen LogP contribution >= 0.6 is 11.6 Å². The normalized spacial score (nSPS) is 12.2. The Labute approximate surface area is 196 Å². The maximum atomic E-state index is 13.4. The van der Waals surface area contributed by atoms with Gasteiger partial charge in [-0.3, -0.25) is 4.79 Å². The van der Waals surface area contributed by atoms with Crippen molar-refractivity contribution in [3.05, 3.63) is 82.8 Å². The van der Waals surface area contributed by atoms with Crippen LogP contribution in [0.15, 0.2) is 65.5 Å². The van der Waals surface area contributed by atoms with E-state index in [2.05, 4.69) is 6.07 Å². The van der Waals surface area contributed by atoms with Gasteiger partial charge in [-0.15, -0.1) is 0 Å². The van der Waals surface area contributed by atoms with Crippen molar-refractivity contribution in [3.8, 4) is 11.5 Å². The molecule has 0 radical (unpaired) electrons. The standard InChI is InChI=1S/C25H22ClN3O4/c1-28(2)24-19(10-17-4-5-20(26)11-21(17)27-24)13-29(25(30)18-7-8-31-14-18)12-16-3-6-22-23(9-16)33-15-32-22/h3-11,14H,12-13,15H2,1-2H3. The number of pyridine rings is 1. The minimum absolute atomic E-state index is 0.137. The summed E-state index contributed by atoms with van der Waals surface area (Å²) in [7, 11) is 3.87. The summed E-state index contributed by atoms with van der Waals surface area (Å²) in [5.41, 5.74) is 3.15. The van der Waals surface area contributed by atoms with Crippen molar-refractivity contribution in [2.45, 2.75) is 13.1 Å². The Morgan fingerprint density at radius 2 is 1.88 bits per heavy atom. The van der Waals surface area contributed by atoms with E-state index in [-0.39, 0.29) is 12.7 Å². The molecule has 0 aliphatic carbocycles. The van der Waals surface area contributed by atoms with Gasteiger partial charge in [0, 0.05) is 43.2 Å². The van der Waals surface area contributed by atoms with Crippen LogP contribution in [0.25, 0.3) is 10.9 Å². The Bertz CT molecular complexity index is 1320. The van der Waals surface area contributed by atoms with Crippen molar-refractivity contribution in [1.29, 1.82) is 0 Å². The van der Waals surface area contributed by atoms with E-state index in [0.29, 0.717) is 35.2 Å². The number of ether oxygens (including phenoxy) is 2. The maximum Gasteiger partial charge on any atom is 0.257 e. The van der Waals surface area contributed by atoms with Crippen LogP contribution in [0.1, 0.15) is 21.5 Å². The highest BCUT2D eigenvalue weighted by Crippen LogP contribution is 2.33. The predicted molar refractivity (Wildman–Crippen MR) is 126 cm³/mol. The molecule has 1 amide bonds. The number of aromatic nitrogens is 1. The lowest BCUT2D eigenvalue weighted by molar-refractivity contribution is 0.0729. The number of rotatable bonds is 6. The van der Waals surface area contributed by atoms with Crippen molar-refractivity contribution in [2.75, 3.05) is 25.8 Å². The number of fused-ring (bicyclic) bond motifs is 2. The Balaban J connectivity index is 1.53. The zero-order valence-electron chi connectivity index (χ0n) is 18.2. The molecule has 33 heavy (non-hydrogen) atoms. The molecule has 1 aliphatic heterocycles. The van der Waals surface area contributed by atoms with E-state index in [1.807, 2.05) is 55.4 Å². The Hall–Kier alpha value is -3.71.